The van der Waals surface area contributed by atoms with Gasteiger partial charge < -0.3 is 21.3 Å². The van der Waals surface area contributed by atoms with Gasteiger partial charge in [0.2, 0.25) is 0 Å². The maximum absolute atomic E-state index is 12.3. The highest BCUT2D eigenvalue weighted by molar-refractivity contribution is 7.11. The van der Waals surface area contributed by atoms with Gasteiger partial charge in [-0.25, -0.2) is 0 Å². The number of nitrogens with two attached hydrogens (primary N) is 1. The molecule has 0 atom stereocenters. The van der Waals surface area contributed by atoms with Crippen LogP contribution >= 0.6 is 11.5 Å². The van der Waals surface area contributed by atoms with Crippen molar-refractivity contribution >= 4 is 28.3 Å². The number of carbonyl (C=O) groups is 1. The Kier molecular flexibility index (Phi) is 4.30. The molecule has 0 bridgehead atoms. The van der Waals surface area contributed by atoms with Gasteiger partial charge in [0.05, 0.1) is 0 Å². The topological polar surface area (TPSA) is 83.3 Å². The lowest BCUT2D eigenvalue weighted by molar-refractivity contribution is 0.0953. The van der Waals surface area contributed by atoms with Crippen LogP contribution in [0.1, 0.15) is 43.0 Å². The largest absolute Gasteiger partial charge is 0.382 e. The Morgan fingerprint density at radius 1 is 1.33 bits per heavy atom. The number of aromatic nitrogens is 1. The summed E-state index contributed by atoms with van der Waals surface area (Å²) in [6.45, 7) is 5.51. The molecule has 21 heavy (non-hydrogen) atoms. The van der Waals surface area contributed by atoms with Gasteiger partial charge in [0.15, 0.2) is 5.82 Å². The Morgan fingerprint density at radius 3 is 2.67 bits per heavy atom. The number of anilines is 2. The van der Waals surface area contributed by atoms with Gasteiger partial charge >= 0.3 is 0 Å². The Hall–Kier alpha value is -1.34. The van der Waals surface area contributed by atoms with Gasteiger partial charge in [-0.1, -0.05) is 6.92 Å². The summed E-state index contributed by atoms with van der Waals surface area (Å²) in [7, 11) is 0. The normalized spacial score (nSPS) is 20.4. The van der Waals surface area contributed by atoms with Crippen molar-refractivity contribution in [1.82, 2.24) is 14.6 Å². The van der Waals surface area contributed by atoms with Crippen molar-refractivity contribution < 1.29 is 4.79 Å². The van der Waals surface area contributed by atoms with Gasteiger partial charge in [-0.3, -0.25) is 4.79 Å². The summed E-state index contributed by atoms with van der Waals surface area (Å²) >= 11 is 1.29. The molecule has 6 nitrogen and oxygen atoms in total. The summed E-state index contributed by atoms with van der Waals surface area (Å²) in [5.41, 5.74) is 6.41. The molecule has 0 unspecified atom stereocenters. The lowest BCUT2D eigenvalue weighted by atomic mass is 10.1. The van der Waals surface area contributed by atoms with E-state index in [0.29, 0.717) is 23.5 Å². The van der Waals surface area contributed by atoms with Crippen molar-refractivity contribution in [3.63, 3.8) is 0 Å². The molecule has 4 N–H and O–H groups in total. The standard InChI is InChI=1S/C14H23N5OS/c1-2-19-7-5-10(6-8-19)17-14-11(12(15)18-21-14)13(20)16-9-3-4-9/h9-10,17H,2-8H2,1H3,(H2,15,18)(H,16,20). The van der Waals surface area contributed by atoms with Crippen LogP contribution < -0.4 is 16.4 Å². The van der Waals surface area contributed by atoms with E-state index < -0.39 is 0 Å². The summed E-state index contributed by atoms with van der Waals surface area (Å²) in [5.74, 6) is 0.254. The van der Waals surface area contributed by atoms with E-state index in [1.807, 2.05) is 0 Å². The van der Waals surface area contributed by atoms with Crippen LogP contribution in [0.3, 0.4) is 0 Å². The van der Waals surface area contributed by atoms with Gasteiger partial charge in [-0.2, -0.15) is 4.37 Å². The van der Waals surface area contributed by atoms with E-state index in [4.69, 9.17) is 5.73 Å². The minimum atomic E-state index is -0.0859. The van der Waals surface area contributed by atoms with E-state index in [-0.39, 0.29) is 5.91 Å². The van der Waals surface area contributed by atoms with E-state index >= 15 is 0 Å². The minimum Gasteiger partial charge on any atom is -0.382 e. The SMILES string of the molecule is CCN1CCC(Nc2snc(N)c2C(=O)NC2CC2)CC1. The quantitative estimate of drug-likeness (QED) is 0.768. The molecule has 3 rings (SSSR count). The van der Waals surface area contributed by atoms with Crippen LogP contribution in [0.2, 0.25) is 0 Å². The molecular formula is C14H23N5OS. The van der Waals surface area contributed by atoms with Crippen molar-refractivity contribution in [2.24, 2.45) is 0 Å². The number of carbonyl (C=O) groups excluding carboxylic acids is 1. The summed E-state index contributed by atoms with van der Waals surface area (Å²) in [4.78, 5) is 14.7. The lowest BCUT2D eigenvalue weighted by Gasteiger charge is -2.31. The van der Waals surface area contributed by atoms with Crippen LogP contribution in [0.5, 0.6) is 0 Å². The molecule has 2 aliphatic rings. The molecule has 1 amide bonds. The first-order valence-corrected chi connectivity index (χ1v) is 8.49. The molecule has 2 heterocycles. The lowest BCUT2D eigenvalue weighted by Crippen LogP contribution is -2.39. The van der Waals surface area contributed by atoms with Crippen molar-refractivity contribution in [3.8, 4) is 0 Å². The molecule has 2 fully saturated rings. The third-order valence-electron chi connectivity index (χ3n) is 4.23. The molecule has 0 spiro atoms. The molecule has 0 radical (unpaired) electrons. The fourth-order valence-electron chi connectivity index (χ4n) is 2.68. The summed E-state index contributed by atoms with van der Waals surface area (Å²) in [6, 6.07) is 0.734. The van der Waals surface area contributed by atoms with Crippen LogP contribution in [0, 0.1) is 0 Å². The van der Waals surface area contributed by atoms with Crippen molar-refractivity contribution in [2.75, 3.05) is 30.7 Å². The number of rotatable bonds is 5. The van der Waals surface area contributed by atoms with E-state index in [9.17, 15) is 4.79 Å². The van der Waals surface area contributed by atoms with Gasteiger partial charge in [0.1, 0.15) is 10.6 Å². The second-order valence-electron chi connectivity index (χ2n) is 5.87. The van der Waals surface area contributed by atoms with E-state index in [1.165, 1.54) is 11.5 Å². The second kappa shape index (κ2) is 6.19. The molecule has 1 saturated heterocycles. The molecule has 1 aliphatic heterocycles. The highest BCUT2D eigenvalue weighted by Gasteiger charge is 2.28. The molecule has 1 aromatic heterocycles. The fourth-order valence-corrected chi connectivity index (χ4v) is 3.47. The molecule has 7 heteroatoms. The third-order valence-corrected chi connectivity index (χ3v) is 5.02. The Labute approximate surface area is 129 Å². The first-order chi connectivity index (χ1) is 10.2. The maximum Gasteiger partial charge on any atom is 0.258 e. The van der Waals surface area contributed by atoms with Gasteiger partial charge in [-0.05, 0) is 43.8 Å². The summed E-state index contributed by atoms with van der Waals surface area (Å²) in [6.07, 6.45) is 4.33. The third kappa shape index (κ3) is 3.47. The second-order valence-corrected chi connectivity index (χ2v) is 6.65. The average molecular weight is 309 g/mol. The van der Waals surface area contributed by atoms with Gasteiger partial charge in [-0.15, -0.1) is 0 Å². The number of hydrogen-bond donors (Lipinski definition) is 3. The first kappa shape index (κ1) is 14.6. The van der Waals surface area contributed by atoms with E-state index in [0.717, 1.165) is 50.3 Å². The number of piperidine rings is 1. The number of amides is 1. The Balaban J connectivity index is 1.64. The highest BCUT2D eigenvalue weighted by Crippen LogP contribution is 2.30. The number of nitrogens with zero attached hydrogens (tertiary/aromatic N) is 2. The van der Waals surface area contributed by atoms with Crippen molar-refractivity contribution in [3.05, 3.63) is 5.56 Å². The number of hydrogen-bond acceptors (Lipinski definition) is 6. The highest BCUT2D eigenvalue weighted by atomic mass is 32.1. The predicted octanol–water partition coefficient (Wildman–Crippen LogP) is 1.51. The zero-order valence-corrected chi connectivity index (χ0v) is 13.2. The first-order valence-electron chi connectivity index (χ1n) is 7.72. The van der Waals surface area contributed by atoms with Gasteiger partial charge in [0.25, 0.3) is 5.91 Å². The number of likely N-dealkylation sites (tertiary alicyclic amines) is 1. The maximum atomic E-state index is 12.3. The summed E-state index contributed by atoms with van der Waals surface area (Å²) in [5, 5.41) is 7.29. The molecule has 0 aromatic carbocycles. The van der Waals surface area contributed by atoms with Crippen molar-refractivity contribution in [1.29, 1.82) is 0 Å². The molecule has 1 saturated carbocycles. The van der Waals surface area contributed by atoms with Gasteiger partial charge in [0, 0.05) is 25.2 Å². The monoisotopic (exact) mass is 309 g/mol. The smallest absolute Gasteiger partial charge is 0.258 e. The molecule has 116 valence electrons. The van der Waals surface area contributed by atoms with E-state index in [2.05, 4.69) is 26.8 Å². The number of nitrogens with one attached hydrogen (secondary N) is 2. The molecule has 1 aromatic rings. The Morgan fingerprint density at radius 2 is 2.05 bits per heavy atom. The predicted molar refractivity (Wildman–Crippen MR) is 85.8 cm³/mol. The Bertz CT molecular complexity index is 505. The van der Waals surface area contributed by atoms with E-state index in [1.54, 1.807) is 0 Å². The van der Waals surface area contributed by atoms with Crippen molar-refractivity contribution in [2.45, 2.75) is 44.7 Å². The van der Waals surface area contributed by atoms with Crippen LogP contribution in [0.4, 0.5) is 10.8 Å². The summed E-state index contributed by atoms with van der Waals surface area (Å²) < 4.78 is 4.15. The van der Waals surface area contributed by atoms with Crippen LogP contribution in [-0.4, -0.2) is 46.9 Å². The molecular weight excluding hydrogens is 286 g/mol. The van der Waals surface area contributed by atoms with Crippen LogP contribution in [-0.2, 0) is 0 Å². The number of nitrogen functional groups attached to an aromatic ring is 1. The molecule has 1 aliphatic carbocycles. The minimum absolute atomic E-state index is 0.0859. The van der Waals surface area contributed by atoms with Crippen LogP contribution in [0.25, 0.3) is 0 Å². The van der Waals surface area contributed by atoms with Crippen LogP contribution in [0.15, 0.2) is 0 Å². The zero-order valence-electron chi connectivity index (χ0n) is 12.4. The zero-order chi connectivity index (χ0) is 14.8. The average Bonchev–Trinajstić information content (AvgIpc) is 3.22. The fraction of sp³-hybridized carbons (Fsp3) is 0.714.